The molecule has 9 heteroatoms. The molecule has 1 amide bonds. The topological polar surface area (TPSA) is 100 Å². The summed E-state index contributed by atoms with van der Waals surface area (Å²) in [5, 5.41) is 3.94. The number of nitrogens with zero attached hydrogens (tertiary/aromatic N) is 3. The van der Waals surface area contributed by atoms with Gasteiger partial charge in [-0.05, 0) is 31.0 Å². The lowest BCUT2D eigenvalue weighted by atomic mass is 10.1. The number of amides is 1. The van der Waals surface area contributed by atoms with E-state index in [1.165, 1.54) is 6.26 Å². The van der Waals surface area contributed by atoms with Crippen molar-refractivity contribution in [3.63, 3.8) is 0 Å². The Morgan fingerprint density at radius 1 is 1.23 bits per heavy atom. The average molecular weight is 413 g/mol. The number of hydrogen-bond donors (Lipinski definition) is 0. The zero-order valence-electron chi connectivity index (χ0n) is 16.9. The number of piperidine rings is 1. The minimum Gasteiger partial charge on any atom is -0.497 e. The number of ether oxygens (including phenoxy) is 3. The first kappa shape index (κ1) is 20.0. The van der Waals surface area contributed by atoms with Crippen molar-refractivity contribution in [3.8, 4) is 23.0 Å². The Balaban J connectivity index is 1.37. The lowest BCUT2D eigenvalue weighted by molar-refractivity contribution is -0.00962. The average Bonchev–Trinajstić information content (AvgIpc) is 3.49. The van der Waals surface area contributed by atoms with Gasteiger partial charge in [-0.3, -0.25) is 4.79 Å². The van der Waals surface area contributed by atoms with Gasteiger partial charge in [0.2, 0.25) is 0 Å². The van der Waals surface area contributed by atoms with E-state index >= 15 is 0 Å². The van der Waals surface area contributed by atoms with Crippen molar-refractivity contribution in [3.05, 3.63) is 48.2 Å². The number of carbonyl (C=O) groups excluding carboxylic acids is 1. The summed E-state index contributed by atoms with van der Waals surface area (Å²) < 4.78 is 26.7. The van der Waals surface area contributed by atoms with Crippen LogP contribution in [-0.2, 0) is 11.3 Å². The standard InChI is InChI=1S/C21H23N3O6/c1-26-17-8-15(9-18(10-17)27-2)21(25)24-6-3-4-16(11-24)29-13-19-22-20(30-23-19)14-5-7-28-12-14/h5,7-10,12,16H,3-4,6,11,13H2,1-2H3. The molecule has 1 atom stereocenters. The van der Waals surface area contributed by atoms with E-state index in [0.29, 0.717) is 41.9 Å². The van der Waals surface area contributed by atoms with Crippen molar-refractivity contribution in [2.75, 3.05) is 27.3 Å². The Morgan fingerprint density at radius 2 is 2.03 bits per heavy atom. The highest BCUT2D eigenvalue weighted by Crippen LogP contribution is 2.25. The van der Waals surface area contributed by atoms with E-state index in [2.05, 4.69) is 10.1 Å². The molecule has 1 aromatic carbocycles. The predicted molar refractivity (Wildman–Crippen MR) is 105 cm³/mol. The van der Waals surface area contributed by atoms with Crippen LogP contribution in [-0.4, -0.2) is 54.4 Å². The zero-order valence-corrected chi connectivity index (χ0v) is 16.9. The van der Waals surface area contributed by atoms with Crippen LogP contribution in [0.5, 0.6) is 11.5 Å². The first-order chi connectivity index (χ1) is 14.7. The number of likely N-dealkylation sites (tertiary alicyclic amines) is 1. The molecule has 30 heavy (non-hydrogen) atoms. The second-order valence-corrected chi connectivity index (χ2v) is 6.96. The fourth-order valence-electron chi connectivity index (χ4n) is 3.38. The maximum atomic E-state index is 13.0. The fraction of sp³-hybridized carbons (Fsp3) is 0.381. The van der Waals surface area contributed by atoms with Gasteiger partial charge in [-0.1, -0.05) is 5.16 Å². The summed E-state index contributed by atoms with van der Waals surface area (Å²) in [6, 6.07) is 6.91. The number of methoxy groups -OCH3 is 2. The molecule has 0 spiro atoms. The van der Waals surface area contributed by atoms with Crippen LogP contribution in [0.3, 0.4) is 0 Å². The second kappa shape index (κ2) is 9.00. The van der Waals surface area contributed by atoms with Crippen LogP contribution in [0.1, 0.15) is 29.0 Å². The first-order valence-corrected chi connectivity index (χ1v) is 9.65. The van der Waals surface area contributed by atoms with Crippen LogP contribution in [0.2, 0.25) is 0 Å². The second-order valence-electron chi connectivity index (χ2n) is 6.96. The van der Waals surface area contributed by atoms with Gasteiger partial charge in [-0.2, -0.15) is 4.98 Å². The first-order valence-electron chi connectivity index (χ1n) is 9.65. The largest absolute Gasteiger partial charge is 0.497 e. The van der Waals surface area contributed by atoms with E-state index in [0.717, 1.165) is 18.4 Å². The number of aromatic nitrogens is 2. The molecule has 3 heterocycles. The molecule has 3 aromatic rings. The van der Waals surface area contributed by atoms with Crippen LogP contribution in [0.15, 0.2) is 45.7 Å². The monoisotopic (exact) mass is 413 g/mol. The summed E-state index contributed by atoms with van der Waals surface area (Å²) >= 11 is 0. The predicted octanol–water partition coefficient (Wildman–Crippen LogP) is 3.17. The van der Waals surface area contributed by atoms with Crippen molar-refractivity contribution < 1.29 is 27.9 Å². The smallest absolute Gasteiger partial charge is 0.261 e. The summed E-state index contributed by atoms with van der Waals surface area (Å²) in [6.45, 7) is 1.37. The zero-order chi connectivity index (χ0) is 20.9. The highest BCUT2D eigenvalue weighted by Gasteiger charge is 2.26. The maximum absolute atomic E-state index is 13.0. The third kappa shape index (κ3) is 4.46. The maximum Gasteiger partial charge on any atom is 0.261 e. The highest BCUT2D eigenvalue weighted by atomic mass is 16.5. The lowest BCUT2D eigenvalue weighted by Crippen LogP contribution is -2.43. The molecule has 0 saturated carbocycles. The molecular weight excluding hydrogens is 390 g/mol. The molecule has 1 fully saturated rings. The highest BCUT2D eigenvalue weighted by molar-refractivity contribution is 5.95. The molecule has 0 N–H and O–H groups in total. The van der Waals surface area contributed by atoms with Gasteiger partial charge in [0, 0.05) is 24.7 Å². The molecule has 1 aliphatic rings. The van der Waals surface area contributed by atoms with Gasteiger partial charge >= 0.3 is 0 Å². The van der Waals surface area contributed by atoms with E-state index < -0.39 is 0 Å². The van der Waals surface area contributed by atoms with E-state index in [9.17, 15) is 4.79 Å². The number of furan rings is 1. The minimum absolute atomic E-state index is 0.0812. The van der Waals surface area contributed by atoms with Crippen LogP contribution < -0.4 is 9.47 Å². The number of carbonyl (C=O) groups is 1. The van der Waals surface area contributed by atoms with E-state index in [1.54, 1.807) is 49.6 Å². The molecule has 1 aliphatic heterocycles. The van der Waals surface area contributed by atoms with Crippen molar-refractivity contribution in [2.24, 2.45) is 0 Å². The molecule has 9 nitrogen and oxygen atoms in total. The van der Waals surface area contributed by atoms with Gasteiger partial charge in [-0.25, -0.2) is 0 Å². The van der Waals surface area contributed by atoms with Crippen LogP contribution in [0, 0.1) is 0 Å². The van der Waals surface area contributed by atoms with Crippen molar-refractivity contribution in [1.82, 2.24) is 15.0 Å². The SMILES string of the molecule is COc1cc(OC)cc(C(=O)N2CCCC(OCc3noc(-c4ccoc4)n3)C2)c1. The van der Waals surface area contributed by atoms with E-state index in [-0.39, 0.29) is 18.6 Å². The quantitative estimate of drug-likeness (QED) is 0.582. The van der Waals surface area contributed by atoms with Gasteiger partial charge < -0.3 is 28.1 Å². The van der Waals surface area contributed by atoms with E-state index in [4.69, 9.17) is 23.2 Å². The summed E-state index contributed by atoms with van der Waals surface area (Å²) in [6.07, 6.45) is 4.69. The molecule has 0 radical (unpaired) electrons. The summed E-state index contributed by atoms with van der Waals surface area (Å²) in [7, 11) is 3.12. The van der Waals surface area contributed by atoms with Gasteiger partial charge in [0.15, 0.2) is 5.82 Å². The van der Waals surface area contributed by atoms with Crippen LogP contribution >= 0.6 is 0 Å². The molecule has 4 rings (SSSR count). The van der Waals surface area contributed by atoms with Crippen molar-refractivity contribution >= 4 is 5.91 Å². The Labute approximate surface area is 173 Å². The van der Waals surface area contributed by atoms with Crippen LogP contribution in [0.4, 0.5) is 0 Å². The van der Waals surface area contributed by atoms with Gasteiger partial charge in [-0.15, -0.1) is 0 Å². The van der Waals surface area contributed by atoms with Crippen molar-refractivity contribution in [1.29, 1.82) is 0 Å². The number of rotatable bonds is 7. The minimum atomic E-state index is -0.105. The van der Waals surface area contributed by atoms with E-state index in [1.807, 2.05) is 0 Å². The molecule has 0 aliphatic carbocycles. The number of hydrogen-bond acceptors (Lipinski definition) is 8. The summed E-state index contributed by atoms with van der Waals surface area (Å²) in [5.41, 5.74) is 1.24. The Morgan fingerprint density at radius 3 is 2.73 bits per heavy atom. The van der Waals surface area contributed by atoms with Crippen molar-refractivity contribution in [2.45, 2.75) is 25.6 Å². The molecule has 158 valence electrons. The normalized spacial score (nSPS) is 16.5. The third-order valence-corrected chi connectivity index (χ3v) is 4.95. The Hall–Kier alpha value is -3.33. The molecule has 0 bridgehead atoms. The summed E-state index contributed by atoms with van der Waals surface area (Å²) in [5.74, 6) is 1.91. The molecule has 1 saturated heterocycles. The summed E-state index contributed by atoms with van der Waals surface area (Å²) in [4.78, 5) is 19.1. The Bertz CT molecular complexity index is 962. The lowest BCUT2D eigenvalue weighted by Gasteiger charge is -2.32. The Kier molecular flexibility index (Phi) is 5.99. The van der Waals surface area contributed by atoms with Gasteiger partial charge in [0.25, 0.3) is 11.8 Å². The van der Waals surface area contributed by atoms with Gasteiger partial charge in [0.05, 0.1) is 32.2 Å². The fourth-order valence-corrected chi connectivity index (χ4v) is 3.38. The van der Waals surface area contributed by atoms with Gasteiger partial charge in [0.1, 0.15) is 24.4 Å². The molecule has 1 unspecified atom stereocenters. The third-order valence-electron chi connectivity index (χ3n) is 4.95. The molecular formula is C21H23N3O6. The number of benzene rings is 1. The van der Waals surface area contributed by atoms with Crippen LogP contribution in [0.25, 0.3) is 11.5 Å². The molecule has 2 aromatic heterocycles.